The zero-order valence-electron chi connectivity index (χ0n) is 12.3. The van der Waals surface area contributed by atoms with Crippen molar-refractivity contribution >= 4 is 17.5 Å². The molecule has 1 aliphatic heterocycles. The minimum atomic E-state index is -0.0840. The number of piperazine rings is 1. The van der Waals surface area contributed by atoms with Crippen molar-refractivity contribution in [2.24, 2.45) is 0 Å². The predicted octanol–water partition coefficient (Wildman–Crippen LogP) is 1.13. The molecular formula is C15H22ClN3O2. The second kappa shape index (κ2) is 8.22. The minimum Gasteiger partial charge on any atom is -0.494 e. The van der Waals surface area contributed by atoms with Crippen molar-refractivity contribution in [3.8, 4) is 5.75 Å². The molecule has 116 valence electrons. The number of hydrogen-bond acceptors (Lipinski definition) is 4. The molecule has 1 unspecified atom stereocenters. The van der Waals surface area contributed by atoms with Crippen molar-refractivity contribution in [2.75, 3.05) is 39.8 Å². The van der Waals surface area contributed by atoms with Crippen LogP contribution in [0.15, 0.2) is 24.3 Å². The highest BCUT2D eigenvalue weighted by Gasteiger charge is 2.27. The SMILES string of the molecule is CNC(=O)C1CNCCN1CCCOc1ccc(Cl)cc1. The summed E-state index contributed by atoms with van der Waals surface area (Å²) in [6.45, 7) is 4.00. The summed E-state index contributed by atoms with van der Waals surface area (Å²) in [5.74, 6) is 0.892. The number of benzene rings is 1. The summed E-state index contributed by atoms with van der Waals surface area (Å²) in [5, 5.41) is 6.68. The van der Waals surface area contributed by atoms with E-state index in [1.807, 2.05) is 24.3 Å². The van der Waals surface area contributed by atoms with Crippen molar-refractivity contribution in [3.05, 3.63) is 29.3 Å². The number of ether oxygens (including phenoxy) is 1. The lowest BCUT2D eigenvalue weighted by Gasteiger charge is -2.34. The molecule has 0 aliphatic carbocycles. The number of hydrogen-bond donors (Lipinski definition) is 2. The Morgan fingerprint density at radius 1 is 1.48 bits per heavy atom. The van der Waals surface area contributed by atoms with Crippen LogP contribution in [0.25, 0.3) is 0 Å². The van der Waals surface area contributed by atoms with E-state index in [0.717, 1.165) is 31.8 Å². The summed E-state index contributed by atoms with van der Waals surface area (Å²) in [5.41, 5.74) is 0. The summed E-state index contributed by atoms with van der Waals surface area (Å²) in [7, 11) is 1.68. The summed E-state index contributed by atoms with van der Waals surface area (Å²) < 4.78 is 5.67. The molecule has 1 fully saturated rings. The third-order valence-electron chi connectivity index (χ3n) is 3.58. The average molecular weight is 312 g/mol. The van der Waals surface area contributed by atoms with Crippen LogP contribution in [0.2, 0.25) is 5.02 Å². The van der Waals surface area contributed by atoms with E-state index >= 15 is 0 Å². The molecule has 0 spiro atoms. The summed E-state index contributed by atoms with van der Waals surface area (Å²) >= 11 is 5.83. The summed E-state index contributed by atoms with van der Waals surface area (Å²) in [6, 6.07) is 7.27. The van der Waals surface area contributed by atoms with Crippen molar-refractivity contribution in [1.82, 2.24) is 15.5 Å². The fourth-order valence-electron chi connectivity index (χ4n) is 2.43. The van der Waals surface area contributed by atoms with Crippen LogP contribution < -0.4 is 15.4 Å². The van der Waals surface area contributed by atoms with Gasteiger partial charge >= 0.3 is 0 Å². The van der Waals surface area contributed by atoms with Gasteiger partial charge < -0.3 is 15.4 Å². The van der Waals surface area contributed by atoms with E-state index in [2.05, 4.69) is 15.5 Å². The molecule has 1 atom stereocenters. The number of amides is 1. The monoisotopic (exact) mass is 311 g/mol. The first-order chi connectivity index (χ1) is 10.2. The quantitative estimate of drug-likeness (QED) is 0.773. The van der Waals surface area contributed by atoms with Crippen LogP contribution in [0.1, 0.15) is 6.42 Å². The van der Waals surface area contributed by atoms with E-state index in [-0.39, 0.29) is 11.9 Å². The first-order valence-corrected chi connectivity index (χ1v) is 7.63. The van der Waals surface area contributed by atoms with Crippen molar-refractivity contribution < 1.29 is 9.53 Å². The molecule has 0 saturated carbocycles. The molecule has 1 amide bonds. The lowest BCUT2D eigenvalue weighted by atomic mass is 10.1. The maximum atomic E-state index is 11.8. The van der Waals surface area contributed by atoms with Crippen LogP contribution in [0.5, 0.6) is 5.75 Å². The molecule has 2 N–H and O–H groups in total. The molecule has 0 bridgehead atoms. The van der Waals surface area contributed by atoms with E-state index < -0.39 is 0 Å². The number of carbonyl (C=O) groups is 1. The van der Waals surface area contributed by atoms with Gasteiger partial charge in [0.05, 0.1) is 6.61 Å². The highest BCUT2D eigenvalue weighted by atomic mass is 35.5. The van der Waals surface area contributed by atoms with Gasteiger partial charge in [0, 0.05) is 38.2 Å². The Balaban J connectivity index is 1.73. The normalized spacial score (nSPS) is 19.2. The van der Waals surface area contributed by atoms with E-state index in [0.29, 0.717) is 18.2 Å². The smallest absolute Gasteiger partial charge is 0.238 e. The number of likely N-dealkylation sites (N-methyl/N-ethyl adjacent to an activating group) is 1. The highest BCUT2D eigenvalue weighted by Crippen LogP contribution is 2.15. The van der Waals surface area contributed by atoms with Crippen LogP contribution in [-0.4, -0.2) is 56.7 Å². The first-order valence-electron chi connectivity index (χ1n) is 7.25. The van der Waals surface area contributed by atoms with E-state index in [1.54, 1.807) is 7.05 Å². The Morgan fingerprint density at radius 3 is 2.95 bits per heavy atom. The lowest BCUT2D eigenvalue weighted by molar-refractivity contribution is -0.126. The molecule has 1 heterocycles. The third-order valence-corrected chi connectivity index (χ3v) is 3.83. The molecule has 2 rings (SSSR count). The Morgan fingerprint density at radius 2 is 2.24 bits per heavy atom. The molecule has 1 saturated heterocycles. The van der Waals surface area contributed by atoms with Crippen LogP contribution in [0.4, 0.5) is 0 Å². The van der Waals surface area contributed by atoms with Crippen molar-refractivity contribution in [2.45, 2.75) is 12.5 Å². The largest absolute Gasteiger partial charge is 0.494 e. The highest BCUT2D eigenvalue weighted by molar-refractivity contribution is 6.30. The molecule has 0 radical (unpaired) electrons. The van der Waals surface area contributed by atoms with Gasteiger partial charge in [-0.2, -0.15) is 0 Å². The lowest BCUT2D eigenvalue weighted by Crippen LogP contribution is -2.57. The second-order valence-electron chi connectivity index (χ2n) is 5.03. The predicted molar refractivity (Wildman–Crippen MR) is 83.9 cm³/mol. The van der Waals surface area contributed by atoms with Gasteiger partial charge in [0.2, 0.25) is 5.91 Å². The maximum Gasteiger partial charge on any atom is 0.238 e. The van der Waals surface area contributed by atoms with Crippen LogP contribution in [0.3, 0.4) is 0 Å². The zero-order chi connectivity index (χ0) is 15.1. The second-order valence-corrected chi connectivity index (χ2v) is 5.46. The van der Waals surface area contributed by atoms with Gasteiger partial charge in [-0.25, -0.2) is 0 Å². The first kappa shape index (κ1) is 16.1. The molecule has 1 aromatic rings. The van der Waals surface area contributed by atoms with Crippen LogP contribution >= 0.6 is 11.6 Å². The maximum absolute atomic E-state index is 11.8. The fraction of sp³-hybridized carbons (Fsp3) is 0.533. The Labute approximate surface area is 130 Å². The molecule has 21 heavy (non-hydrogen) atoms. The van der Waals surface area contributed by atoms with Crippen molar-refractivity contribution in [1.29, 1.82) is 0 Å². The van der Waals surface area contributed by atoms with E-state index in [1.165, 1.54) is 0 Å². The topological polar surface area (TPSA) is 53.6 Å². The van der Waals surface area contributed by atoms with E-state index in [9.17, 15) is 4.79 Å². The zero-order valence-corrected chi connectivity index (χ0v) is 13.0. The number of halogens is 1. The minimum absolute atomic E-state index is 0.0702. The summed E-state index contributed by atoms with van der Waals surface area (Å²) in [6.07, 6.45) is 0.885. The van der Waals surface area contributed by atoms with Crippen LogP contribution in [-0.2, 0) is 4.79 Å². The van der Waals surface area contributed by atoms with Crippen LogP contribution in [0, 0.1) is 0 Å². The molecule has 1 aromatic carbocycles. The number of nitrogens with one attached hydrogen (secondary N) is 2. The Bertz CT molecular complexity index is 453. The molecule has 6 heteroatoms. The Kier molecular flexibility index (Phi) is 6.29. The molecular weight excluding hydrogens is 290 g/mol. The van der Waals surface area contributed by atoms with Gasteiger partial charge in [-0.15, -0.1) is 0 Å². The average Bonchev–Trinajstić information content (AvgIpc) is 2.53. The van der Waals surface area contributed by atoms with Gasteiger partial charge in [0.15, 0.2) is 0 Å². The molecule has 5 nitrogen and oxygen atoms in total. The standard InChI is InChI=1S/C15H22ClN3O2/c1-17-15(20)14-11-18-7-9-19(14)8-2-10-21-13-5-3-12(16)4-6-13/h3-6,14,18H,2,7-11H2,1H3,(H,17,20). The van der Waals surface area contributed by atoms with Crippen molar-refractivity contribution in [3.63, 3.8) is 0 Å². The third kappa shape index (κ3) is 4.88. The number of nitrogens with zero attached hydrogens (tertiary/aromatic N) is 1. The van der Waals surface area contributed by atoms with Gasteiger partial charge in [-0.1, -0.05) is 11.6 Å². The Hall–Kier alpha value is -1.30. The number of carbonyl (C=O) groups excluding carboxylic acids is 1. The number of rotatable bonds is 6. The van der Waals surface area contributed by atoms with Gasteiger partial charge in [0.25, 0.3) is 0 Å². The molecule has 0 aromatic heterocycles. The van der Waals surface area contributed by atoms with Gasteiger partial charge in [0.1, 0.15) is 11.8 Å². The summed E-state index contributed by atoms with van der Waals surface area (Å²) in [4.78, 5) is 14.0. The van der Waals surface area contributed by atoms with Gasteiger partial charge in [-0.3, -0.25) is 9.69 Å². The van der Waals surface area contributed by atoms with E-state index in [4.69, 9.17) is 16.3 Å². The molecule has 1 aliphatic rings. The van der Waals surface area contributed by atoms with Gasteiger partial charge in [-0.05, 0) is 30.7 Å². The fourth-order valence-corrected chi connectivity index (χ4v) is 2.55.